The highest BCUT2D eigenvalue weighted by Gasteiger charge is 2.22. The van der Waals surface area contributed by atoms with E-state index in [2.05, 4.69) is 28.8 Å². The lowest BCUT2D eigenvalue weighted by Crippen LogP contribution is -2.38. The van der Waals surface area contributed by atoms with Gasteiger partial charge < -0.3 is 14.5 Å². The molecular formula is C20H29N3O5S. The predicted molar refractivity (Wildman–Crippen MR) is 110 cm³/mol. The Kier molecular flexibility index (Phi) is 8.84. The number of benzene rings is 1. The minimum absolute atomic E-state index is 0.0754. The van der Waals surface area contributed by atoms with Crippen LogP contribution in [-0.4, -0.2) is 59.1 Å². The molecule has 9 heteroatoms. The van der Waals surface area contributed by atoms with Crippen LogP contribution in [0, 0.1) is 0 Å². The SMILES string of the molecule is CCN(CC)C(CNC(=O)c1ccc(S(=O)(=O)NCCOC)cc1)c1ccco1. The third-order valence-electron chi connectivity index (χ3n) is 4.61. The molecule has 2 rings (SSSR count). The first kappa shape index (κ1) is 23.1. The molecule has 0 bridgehead atoms. The number of methoxy groups -OCH3 is 1. The van der Waals surface area contributed by atoms with Crippen LogP contribution in [0.25, 0.3) is 0 Å². The van der Waals surface area contributed by atoms with Crippen molar-refractivity contribution >= 4 is 15.9 Å². The van der Waals surface area contributed by atoms with Gasteiger partial charge in [0.2, 0.25) is 10.0 Å². The Bertz CT molecular complexity index is 847. The first-order chi connectivity index (χ1) is 13.9. The predicted octanol–water partition coefficient (Wildman–Crippen LogP) is 2.02. The average Bonchev–Trinajstić information content (AvgIpc) is 3.25. The van der Waals surface area contributed by atoms with Crippen LogP contribution in [0.1, 0.15) is 36.0 Å². The van der Waals surface area contributed by atoms with Crippen molar-refractivity contribution in [1.29, 1.82) is 0 Å². The maximum atomic E-state index is 12.5. The number of hydrogen-bond donors (Lipinski definition) is 2. The molecule has 0 saturated carbocycles. The summed E-state index contributed by atoms with van der Waals surface area (Å²) < 4.78 is 37.2. The number of nitrogens with zero attached hydrogens (tertiary/aromatic N) is 1. The van der Waals surface area contributed by atoms with Crippen LogP contribution in [0.5, 0.6) is 0 Å². The number of furan rings is 1. The van der Waals surface area contributed by atoms with Gasteiger partial charge in [-0.1, -0.05) is 13.8 Å². The van der Waals surface area contributed by atoms with Gasteiger partial charge in [0, 0.05) is 25.8 Å². The van der Waals surface area contributed by atoms with E-state index in [0.717, 1.165) is 18.8 Å². The van der Waals surface area contributed by atoms with Gasteiger partial charge in [0.15, 0.2) is 0 Å². The van der Waals surface area contributed by atoms with E-state index >= 15 is 0 Å². The van der Waals surface area contributed by atoms with Crippen LogP contribution >= 0.6 is 0 Å². The maximum Gasteiger partial charge on any atom is 0.251 e. The number of nitrogens with one attached hydrogen (secondary N) is 2. The molecule has 1 atom stereocenters. The van der Waals surface area contributed by atoms with Crippen LogP contribution < -0.4 is 10.0 Å². The highest BCUT2D eigenvalue weighted by molar-refractivity contribution is 7.89. The first-order valence-corrected chi connectivity index (χ1v) is 11.1. The van der Waals surface area contributed by atoms with Crippen molar-refractivity contribution < 1.29 is 22.4 Å². The number of rotatable bonds is 12. The van der Waals surface area contributed by atoms with Gasteiger partial charge in [0.1, 0.15) is 5.76 Å². The molecule has 8 nitrogen and oxygen atoms in total. The highest BCUT2D eigenvalue weighted by atomic mass is 32.2. The molecule has 160 valence electrons. The molecule has 1 aromatic carbocycles. The number of sulfonamides is 1. The standard InChI is InChI=1S/C20H29N3O5S/c1-4-23(5-2)18(19-7-6-13-28-19)15-21-20(24)16-8-10-17(11-9-16)29(25,26)22-12-14-27-3/h6-11,13,18,22H,4-5,12,14-15H2,1-3H3,(H,21,24). The second-order valence-corrected chi connectivity index (χ2v) is 8.14. The van der Waals surface area contributed by atoms with E-state index in [9.17, 15) is 13.2 Å². The van der Waals surface area contributed by atoms with Crippen molar-refractivity contribution in [2.45, 2.75) is 24.8 Å². The number of hydrogen-bond acceptors (Lipinski definition) is 6. The zero-order valence-electron chi connectivity index (χ0n) is 17.1. The second kappa shape index (κ2) is 11.1. The summed E-state index contributed by atoms with van der Waals surface area (Å²) in [5, 5.41) is 2.91. The molecule has 0 fully saturated rings. The summed E-state index contributed by atoms with van der Waals surface area (Å²) in [6.45, 7) is 6.60. The van der Waals surface area contributed by atoms with E-state index in [1.807, 2.05) is 12.1 Å². The normalized spacial score (nSPS) is 12.8. The lowest BCUT2D eigenvalue weighted by molar-refractivity contribution is 0.0929. The van der Waals surface area contributed by atoms with Gasteiger partial charge in [-0.25, -0.2) is 13.1 Å². The summed E-state index contributed by atoms with van der Waals surface area (Å²) in [6, 6.07) is 9.48. The minimum atomic E-state index is -3.63. The zero-order valence-corrected chi connectivity index (χ0v) is 17.9. The smallest absolute Gasteiger partial charge is 0.251 e. The van der Waals surface area contributed by atoms with Crippen LogP contribution in [0.4, 0.5) is 0 Å². The Morgan fingerprint density at radius 3 is 2.41 bits per heavy atom. The molecule has 0 radical (unpaired) electrons. The molecule has 2 N–H and O–H groups in total. The lowest BCUT2D eigenvalue weighted by Gasteiger charge is -2.28. The molecule has 29 heavy (non-hydrogen) atoms. The first-order valence-electron chi connectivity index (χ1n) is 9.57. The van der Waals surface area contributed by atoms with E-state index in [-0.39, 0.29) is 30.0 Å². The molecule has 1 amide bonds. The number of likely N-dealkylation sites (N-methyl/N-ethyl adjacent to an activating group) is 1. The Labute approximate surface area is 172 Å². The van der Waals surface area contributed by atoms with E-state index in [0.29, 0.717) is 12.1 Å². The van der Waals surface area contributed by atoms with Crippen LogP contribution in [0.3, 0.4) is 0 Å². The van der Waals surface area contributed by atoms with Crippen LogP contribution in [0.15, 0.2) is 52.0 Å². The van der Waals surface area contributed by atoms with Crippen molar-refractivity contribution in [3.05, 3.63) is 54.0 Å². The van der Waals surface area contributed by atoms with Gasteiger partial charge in [0.05, 0.1) is 23.8 Å². The molecule has 0 aliphatic carbocycles. The second-order valence-electron chi connectivity index (χ2n) is 6.38. The molecule has 0 saturated heterocycles. The summed E-state index contributed by atoms with van der Waals surface area (Å²) in [6.07, 6.45) is 1.62. The highest BCUT2D eigenvalue weighted by Crippen LogP contribution is 2.20. The van der Waals surface area contributed by atoms with Gasteiger partial charge in [0.25, 0.3) is 5.91 Å². The largest absolute Gasteiger partial charge is 0.468 e. The Morgan fingerprint density at radius 1 is 1.17 bits per heavy atom. The summed E-state index contributed by atoms with van der Waals surface area (Å²) in [4.78, 5) is 14.8. The minimum Gasteiger partial charge on any atom is -0.468 e. The van der Waals surface area contributed by atoms with Gasteiger partial charge in [-0.3, -0.25) is 9.69 Å². The third kappa shape index (κ3) is 6.40. The van der Waals surface area contributed by atoms with E-state index in [4.69, 9.17) is 9.15 Å². The third-order valence-corrected chi connectivity index (χ3v) is 6.08. The number of carbonyl (C=O) groups is 1. The quantitative estimate of drug-likeness (QED) is 0.507. The van der Waals surface area contributed by atoms with E-state index in [1.165, 1.54) is 31.4 Å². The Balaban J connectivity index is 2.03. The average molecular weight is 424 g/mol. The number of carbonyl (C=O) groups excluding carboxylic acids is 1. The zero-order chi connectivity index (χ0) is 21.3. The fourth-order valence-corrected chi connectivity index (χ4v) is 4.01. The van der Waals surface area contributed by atoms with Crippen molar-refractivity contribution in [2.24, 2.45) is 0 Å². The summed E-state index contributed by atoms with van der Waals surface area (Å²) in [5.74, 6) is 0.516. The molecular weight excluding hydrogens is 394 g/mol. The molecule has 1 unspecified atom stereocenters. The summed E-state index contributed by atoms with van der Waals surface area (Å²) in [7, 11) is -2.13. The molecule has 2 aromatic rings. The van der Waals surface area contributed by atoms with Gasteiger partial charge >= 0.3 is 0 Å². The van der Waals surface area contributed by atoms with Crippen molar-refractivity contribution in [3.8, 4) is 0 Å². The molecule has 1 heterocycles. The molecule has 0 aliphatic heterocycles. The fraction of sp³-hybridized carbons (Fsp3) is 0.450. The topological polar surface area (TPSA) is 101 Å². The number of ether oxygens (including phenoxy) is 1. The monoisotopic (exact) mass is 423 g/mol. The van der Waals surface area contributed by atoms with Crippen molar-refractivity contribution in [1.82, 2.24) is 14.9 Å². The van der Waals surface area contributed by atoms with Gasteiger partial charge in [-0.2, -0.15) is 0 Å². The van der Waals surface area contributed by atoms with E-state index in [1.54, 1.807) is 6.26 Å². The fourth-order valence-electron chi connectivity index (χ4n) is 2.99. The number of amides is 1. The molecule has 1 aromatic heterocycles. The Morgan fingerprint density at radius 2 is 1.86 bits per heavy atom. The van der Waals surface area contributed by atoms with Crippen LogP contribution in [0.2, 0.25) is 0 Å². The van der Waals surface area contributed by atoms with Crippen molar-refractivity contribution in [3.63, 3.8) is 0 Å². The van der Waals surface area contributed by atoms with Crippen LogP contribution in [-0.2, 0) is 14.8 Å². The summed E-state index contributed by atoms with van der Waals surface area (Å²) in [5.41, 5.74) is 0.388. The lowest BCUT2D eigenvalue weighted by atomic mass is 10.1. The van der Waals surface area contributed by atoms with E-state index < -0.39 is 10.0 Å². The summed E-state index contributed by atoms with van der Waals surface area (Å²) >= 11 is 0. The van der Waals surface area contributed by atoms with Gasteiger partial charge in [-0.05, 0) is 49.5 Å². The van der Waals surface area contributed by atoms with Crippen molar-refractivity contribution in [2.75, 3.05) is 39.9 Å². The maximum absolute atomic E-state index is 12.5. The van der Waals surface area contributed by atoms with Gasteiger partial charge in [-0.15, -0.1) is 0 Å². The Hall–Kier alpha value is -2.20. The molecule has 0 spiro atoms. The molecule has 0 aliphatic rings.